The van der Waals surface area contributed by atoms with Gasteiger partial charge in [0.25, 0.3) is 11.5 Å². The summed E-state index contributed by atoms with van der Waals surface area (Å²) in [5, 5.41) is 14.5. The van der Waals surface area contributed by atoms with E-state index in [2.05, 4.69) is 16.4 Å². The molecule has 0 unspecified atom stereocenters. The Morgan fingerprint density at radius 1 is 1.10 bits per heavy atom. The predicted molar refractivity (Wildman–Crippen MR) is 119 cm³/mol. The van der Waals surface area contributed by atoms with Crippen LogP contribution in [-0.4, -0.2) is 15.3 Å². The Bertz CT molecular complexity index is 1520. The minimum atomic E-state index is -0.588. The number of amides is 1. The van der Waals surface area contributed by atoms with Gasteiger partial charge in [0.2, 0.25) is 0 Å². The molecule has 3 aromatic heterocycles. The number of carbonyl (C=O) groups excluding carboxylic acids is 1. The maximum Gasteiger partial charge on any atom is 0.269 e. The Labute approximate surface area is 178 Å². The Hall–Kier alpha value is -3.80. The first-order valence-corrected chi connectivity index (χ1v) is 10.6. The lowest BCUT2D eigenvalue weighted by Crippen LogP contribution is -2.26. The fraction of sp³-hybridized carbons (Fsp3) is 0. The molecule has 1 N–H and O–H groups in total. The Morgan fingerprint density at radius 3 is 2.67 bits per heavy atom. The molecule has 30 heavy (non-hydrogen) atoms. The molecule has 1 amide bonds. The molecule has 0 fully saturated rings. The molecule has 3 heterocycles. The Morgan fingerprint density at radius 2 is 1.87 bits per heavy atom. The maximum atomic E-state index is 13.1. The van der Waals surface area contributed by atoms with E-state index in [0.29, 0.717) is 15.5 Å². The van der Waals surface area contributed by atoms with Crippen molar-refractivity contribution in [2.75, 3.05) is 5.32 Å². The number of hydrogen-bond donors (Lipinski definition) is 1. The van der Waals surface area contributed by atoms with Crippen molar-refractivity contribution < 1.29 is 4.79 Å². The molecule has 0 radical (unpaired) electrons. The predicted octanol–water partition coefficient (Wildman–Crippen LogP) is 4.76. The molecular weight excluding hydrogens is 416 g/mol. The smallest absolute Gasteiger partial charge is 0.269 e. The summed E-state index contributed by atoms with van der Waals surface area (Å²) in [6.45, 7) is 0. The number of nitrogens with one attached hydrogen (secondary N) is 1. The number of nitriles is 1. The standard InChI is InChI=1S/C22H12N4O2S2/c23-11-14-10-15(20(28)26-17-8-4-5-9-18(17)30-21(14)26)19(27)25-22-24-16(12-29-22)13-6-2-1-3-7-13/h1-10,12H,(H,24,25,27). The van der Waals surface area contributed by atoms with Crippen LogP contribution in [0.1, 0.15) is 15.9 Å². The Kier molecular flexibility index (Phi) is 4.39. The average molecular weight is 428 g/mol. The normalized spacial score (nSPS) is 10.9. The topological polar surface area (TPSA) is 87.3 Å². The van der Waals surface area contributed by atoms with Crippen molar-refractivity contribution in [3.8, 4) is 17.3 Å². The lowest BCUT2D eigenvalue weighted by atomic mass is 10.2. The Balaban J connectivity index is 1.56. The summed E-state index contributed by atoms with van der Waals surface area (Å²) in [5.74, 6) is -0.588. The summed E-state index contributed by atoms with van der Waals surface area (Å²) in [6.07, 6.45) is 0. The van der Waals surface area contributed by atoms with Crippen LogP contribution in [0.15, 0.2) is 70.8 Å². The number of anilines is 1. The zero-order valence-corrected chi connectivity index (χ0v) is 17.0. The van der Waals surface area contributed by atoms with Crippen LogP contribution in [0.5, 0.6) is 0 Å². The first-order chi connectivity index (χ1) is 14.7. The van der Waals surface area contributed by atoms with Gasteiger partial charge in [-0.05, 0) is 18.2 Å². The van der Waals surface area contributed by atoms with Crippen LogP contribution in [0.25, 0.3) is 26.3 Å². The number of thiazole rings is 2. The van der Waals surface area contributed by atoms with Crippen LogP contribution in [0.2, 0.25) is 0 Å². The van der Waals surface area contributed by atoms with E-state index < -0.39 is 11.5 Å². The minimum Gasteiger partial charge on any atom is -0.298 e. The van der Waals surface area contributed by atoms with Crippen LogP contribution in [0.4, 0.5) is 5.13 Å². The molecule has 8 heteroatoms. The van der Waals surface area contributed by atoms with Crippen molar-refractivity contribution in [3.63, 3.8) is 0 Å². The van der Waals surface area contributed by atoms with Gasteiger partial charge >= 0.3 is 0 Å². The molecule has 2 aromatic carbocycles. The number of para-hydroxylation sites is 1. The van der Waals surface area contributed by atoms with E-state index in [0.717, 1.165) is 16.0 Å². The molecule has 6 nitrogen and oxygen atoms in total. The van der Waals surface area contributed by atoms with Crippen LogP contribution >= 0.6 is 22.7 Å². The third-order valence-electron chi connectivity index (χ3n) is 4.63. The molecule has 5 aromatic rings. The van der Waals surface area contributed by atoms with Gasteiger partial charge in [-0.1, -0.05) is 42.5 Å². The monoisotopic (exact) mass is 428 g/mol. The highest BCUT2D eigenvalue weighted by Crippen LogP contribution is 2.28. The molecule has 0 aliphatic carbocycles. The molecule has 0 spiro atoms. The lowest BCUT2D eigenvalue weighted by molar-refractivity contribution is 0.102. The largest absolute Gasteiger partial charge is 0.298 e. The fourth-order valence-electron chi connectivity index (χ4n) is 3.23. The third-order valence-corrected chi connectivity index (χ3v) is 6.55. The molecular formula is C22H12N4O2S2. The van der Waals surface area contributed by atoms with E-state index in [1.54, 1.807) is 6.07 Å². The van der Waals surface area contributed by atoms with Crippen LogP contribution < -0.4 is 10.9 Å². The summed E-state index contributed by atoms with van der Waals surface area (Å²) in [4.78, 5) is 31.0. The van der Waals surface area contributed by atoms with Crippen molar-refractivity contribution in [1.29, 1.82) is 5.26 Å². The second-order valence-corrected chi connectivity index (χ2v) is 8.35. The van der Waals surface area contributed by atoms with Crippen LogP contribution in [-0.2, 0) is 0 Å². The van der Waals surface area contributed by atoms with Crippen molar-refractivity contribution in [2.45, 2.75) is 0 Å². The van der Waals surface area contributed by atoms with Gasteiger partial charge in [0, 0.05) is 10.9 Å². The van der Waals surface area contributed by atoms with Gasteiger partial charge in [-0.15, -0.1) is 22.7 Å². The molecule has 0 atom stereocenters. The SMILES string of the molecule is N#Cc1cc(C(=O)Nc2nc(-c3ccccc3)cs2)c(=O)n2c1sc1ccccc12. The summed E-state index contributed by atoms with van der Waals surface area (Å²) < 4.78 is 2.31. The van der Waals surface area contributed by atoms with Gasteiger partial charge in [-0.3, -0.25) is 19.3 Å². The van der Waals surface area contributed by atoms with Gasteiger partial charge in [-0.25, -0.2) is 4.98 Å². The molecule has 0 saturated carbocycles. The number of hydrogen-bond acceptors (Lipinski definition) is 6. The maximum absolute atomic E-state index is 13.1. The van der Waals surface area contributed by atoms with E-state index in [9.17, 15) is 14.9 Å². The van der Waals surface area contributed by atoms with Gasteiger partial charge in [-0.2, -0.15) is 5.26 Å². The van der Waals surface area contributed by atoms with Crippen LogP contribution in [0.3, 0.4) is 0 Å². The minimum absolute atomic E-state index is 0.0935. The molecule has 0 saturated heterocycles. The molecule has 0 aliphatic heterocycles. The molecule has 0 bridgehead atoms. The van der Waals surface area contributed by atoms with Crippen molar-refractivity contribution in [2.24, 2.45) is 0 Å². The van der Waals surface area contributed by atoms with Crippen molar-refractivity contribution in [3.05, 3.63) is 87.5 Å². The number of pyridine rings is 1. The summed E-state index contributed by atoms with van der Waals surface area (Å²) in [5.41, 5.74) is 2.08. The first kappa shape index (κ1) is 18.2. The molecule has 5 rings (SSSR count). The third kappa shape index (κ3) is 2.97. The second kappa shape index (κ2) is 7.22. The zero-order chi connectivity index (χ0) is 20.7. The number of carbonyl (C=O) groups is 1. The zero-order valence-electron chi connectivity index (χ0n) is 15.3. The van der Waals surface area contributed by atoms with Gasteiger partial charge in [0.1, 0.15) is 16.5 Å². The van der Waals surface area contributed by atoms with E-state index >= 15 is 0 Å². The number of rotatable bonds is 3. The molecule has 0 aliphatic rings. The number of aromatic nitrogens is 2. The lowest BCUT2D eigenvalue weighted by Gasteiger charge is -2.04. The summed E-state index contributed by atoms with van der Waals surface area (Å²) >= 11 is 2.63. The average Bonchev–Trinajstić information content (AvgIpc) is 3.39. The number of fused-ring (bicyclic) bond motifs is 3. The molecule has 144 valence electrons. The van der Waals surface area contributed by atoms with E-state index in [1.165, 1.54) is 33.1 Å². The highest BCUT2D eigenvalue weighted by Gasteiger charge is 2.20. The van der Waals surface area contributed by atoms with Crippen molar-refractivity contribution >= 4 is 48.8 Å². The van der Waals surface area contributed by atoms with Gasteiger partial charge < -0.3 is 0 Å². The van der Waals surface area contributed by atoms with E-state index in [4.69, 9.17) is 0 Å². The van der Waals surface area contributed by atoms with Crippen molar-refractivity contribution in [1.82, 2.24) is 9.38 Å². The number of benzene rings is 2. The quantitative estimate of drug-likeness (QED) is 0.449. The fourth-order valence-corrected chi connectivity index (χ4v) is 5.05. The number of nitrogens with zero attached hydrogens (tertiary/aromatic N) is 3. The summed E-state index contributed by atoms with van der Waals surface area (Å²) in [6, 6.07) is 20.4. The van der Waals surface area contributed by atoms with E-state index in [1.807, 2.05) is 53.9 Å². The van der Waals surface area contributed by atoms with Gasteiger partial charge in [0.15, 0.2) is 5.13 Å². The highest BCUT2D eigenvalue weighted by molar-refractivity contribution is 7.24. The van der Waals surface area contributed by atoms with Gasteiger partial charge in [0.05, 0.1) is 21.5 Å². The second-order valence-electron chi connectivity index (χ2n) is 6.46. The van der Waals surface area contributed by atoms with Crippen LogP contribution in [0, 0.1) is 11.3 Å². The summed E-state index contributed by atoms with van der Waals surface area (Å²) in [7, 11) is 0. The highest BCUT2D eigenvalue weighted by atomic mass is 32.1. The first-order valence-electron chi connectivity index (χ1n) is 8.95. The van der Waals surface area contributed by atoms with E-state index in [-0.39, 0.29) is 11.1 Å².